The summed E-state index contributed by atoms with van der Waals surface area (Å²) in [4.78, 5) is 16.7. The van der Waals surface area contributed by atoms with Gasteiger partial charge in [-0.05, 0) is 64.8 Å². The van der Waals surface area contributed by atoms with Gasteiger partial charge in [-0.3, -0.25) is 9.69 Å². The highest BCUT2D eigenvalue weighted by Crippen LogP contribution is 2.27. The van der Waals surface area contributed by atoms with E-state index in [0.29, 0.717) is 13.1 Å². The van der Waals surface area contributed by atoms with E-state index in [9.17, 15) is 14.3 Å². The van der Waals surface area contributed by atoms with Gasteiger partial charge in [0.05, 0.1) is 18.2 Å². The first-order chi connectivity index (χ1) is 11.2. The average Bonchev–Trinajstić information content (AvgIpc) is 2.96. The molecule has 2 rings (SSSR count). The molecule has 5 heteroatoms. The van der Waals surface area contributed by atoms with E-state index in [1.54, 1.807) is 26.0 Å². The molecule has 1 aromatic rings. The first-order valence-corrected chi connectivity index (χ1v) is 8.75. The maximum atomic E-state index is 13.1. The lowest BCUT2D eigenvalue weighted by atomic mass is 9.96. The van der Waals surface area contributed by atoms with Gasteiger partial charge in [-0.2, -0.15) is 0 Å². The molecule has 134 valence electrons. The maximum Gasteiger partial charge on any atom is 0.237 e. The van der Waals surface area contributed by atoms with Gasteiger partial charge in [-0.25, -0.2) is 4.39 Å². The normalized spacial score (nSPS) is 20.2. The molecule has 4 nitrogen and oxygen atoms in total. The van der Waals surface area contributed by atoms with Crippen molar-refractivity contribution in [2.75, 3.05) is 19.6 Å². The topological polar surface area (TPSA) is 43.8 Å². The number of benzene rings is 1. The van der Waals surface area contributed by atoms with Crippen molar-refractivity contribution >= 4 is 5.91 Å². The molecule has 1 fully saturated rings. The Morgan fingerprint density at radius 1 is 1.42 bits per heavy atom. The summed E-state index contributed by atoms with van der Waals surface area (Å²) in [6.07, 6.45) is 1.91. The summed E-state index contributed by atoms with van der Waals surface area (Å²) in [7, 11) is 0. The van der Waals surface area contributed by atoms with Crippen LogP contribution in [0.3, 0.4) is 0 Å². The molecule has 2 unspecified atom stereocenters. The Morgan fingerprint density at radius 3 is 2.58 bits per heavy atom. The second-order valence-electron chi connectivity index (χ2n) is 7.19. The van der Waals surface area contributed by atoms with E-state index in [1.165, 1.54) is 12.1 Å². The summed E-state index contributed by atoms with van der Waals surface area (Å²) in [6.45, 7) is 9.27. The van der Waals surface area contributed by atoms with Gasteiger partial charge in [0.25, 0.3) is 0 Å². The fraction of sp³-hybridized carbons (Fsp3) is 0.632. The molecule has 24 heavy (non-hydrogen) atoms. The summed E-state index contributed by atoms with van der Waals surface area (Å²) in [5.74, 6) is -0.226. The van der Waals surface area contributed by atoms with Crippen LogP contribution in [0.15, 0.2) is 24.3 Å². The summed E-state index contributed by atoms with van der Waals surface area (Å²) < 4.78 is 13.1. The Hall–Kier alpha value is -1.46. The molecule has 1 aliphatic rings. The molecule has 1 heterocycles. The molecule has 0 aromatic heterocycles. The molecule has 0 bridgehead atoms. The minimum Gasteiger partial charge on any atom is -0.389 e. The number of likely N-dealkylation sites (N-methyl/N-ethyl adjacent to an activating group) is 1. The Morgan fingerprint density at radius 2 is 2.04 bits per heavy atom. The number of amides is 1. The van der Waals surface area contributed by atoms with E-state index in [-0.39, 0.29) is 23.8 Å². The molecule has 0 radical (unpaired) electrons. The molecular weight excluding hydrogens is 307 g/mol. The number of hydrogen-bond acceptors (Lipinski definition) is 3. The summed E-state index contributed by atoms with van der Waals surface area (Å²) in [6, 6.07) is 6.22. The number of carbonyl (C=O) groups excluding carboxylic acids is 1. The Labute approximate surface area is 144 Å². The van der Waals surface area contributed by atoms with E-state index in [1.807, 2.05) is 18.7 Å². The quantitative estimate of drug-likeness (QED) is 0.868. The molecule has 1 amide bonds. The molecule has 1 aromatic carbocycles. The van der Waals surface area contributed by atoms with Crippen LogP contribution in [0, 0.1) is 5.82 Å². The van der Waals surface area contributed by atoms with Crippen LogP contribution in [0.1, 0.15) is 52.1 Å². The van der Waals surface area contributed by atoms with Gasteiger partial charge in [0.1, 0.15) is 5.82 Å². The zero-order valence-electron chi connectivity index (χ0n) is 15.1. The van der Waals surface area contributed by atoms with Gasteiger partial charge in [-0.15, -0.1) is 0 Å². The molecule has 1 N–H and O–H groups in total. The van der Waals surface area contributed by atoms with Crippen molar-refractivity contribution in [2.45, 2.75) is 58.2 Å². The fourth-order valence-electron chi connectivity index (χ4n) is 3.67. The molecule has 1 saturated heterocycles. The van der Waals surface area contributed by atoms with Gasteiger partial charge in [0.15, 0.2) is 0 Å². The highest BCUT2D eigenvalue weighted by Gasteiger charge is 2.37. The first-order valence-electron chi connectivity index (χ1n) is 8.75. The van der Waals surface area contributed by atoms with E-state index in [4.69, 9.17) is 0 Å². The highest BCUT2D eigenvalue weighted by atomic mass is 19.1. The largest absolute Gasteiger partial charge is 0.389 e. The third kappa shape index (κ3) is 4.33. The van der Waals surface area contributed by atoms with Crippen LogP contribution < -0.4 is 0 Å². The zero-order chi connectivity index (χ0) is 17.9. The van der Waals surface area contributed by atoms with Gasteiger partial charge in [0, 0.05) is 12.6 Å². The first kappa shape index (κ1) is 18.9. The highest BCUT2D eigenvalue weighted by molar-refractivity contribution is 5.78. The summed E-state index contributed by atoms with van der Waals surface area (Å²) >= 11 is 0. The number of hydrogen-bond donors (Lipinski definition) is 1. The van der Waals surface area contributed by atoms with Crippen molar-refractivity contribution in [3.8, 4) is 0 Å². The SMILES string of the molecule is CCN(C(=O)CN1CCCC1C(C)(C)O)C(C)c1ccc(F)cc1. The third-order valence-corrected chi connectivity index (χ3v) is 5.00. The molecule has 0 aliphatic carbocycles. The zero-order valence-corrected chi connectivity index (χ0v) is 15.1. The number of aliphatic hydroxyl groups is 1. The van der Waals surface area contributed by atoms with E-state index >= 15 is 0 Å². The van der Waals surface area contributed by atoms with Crippen LogP contribution in [0.2, 0.25) is 0 Å². The van der Waals surface area contributed by atoms with Crippen molar-refractivity contribution < 1.29 is 14.3 Å². The summed E-state index contributed by atoms with van der Waals surface area (Å²) in [5.41, 5.74) is 0.114. The number of nitrogens with zero attached hydrogens (tertiary/aromatic N) is 2. The van der Waals surface area contributed by atoms with Gasteiger partial charge in [-0.1, -0.05) is 12.1 Å². The lowest BCUT2D eigenvalue weighted by Gasteiger charge is -2.36. The average molecular weight is 336 g/mol. The van der Waals surface area contributed by atoms with Crippen molar-refractivity contribution in [1.29, 1.82) is 0 Å². The van der Waals surface area contributed by atoms with Crippen molar-refractivity contribution in [1.82, 2.24) is 9.80 Å². The van der Waals surface area contributed by atoms with Crippen molar-refractivity contribution in [3.63, 3.8) is 0 Å². The van der Waals surface area contributed by atoms with Crippen LogP contribution >= 0.6 is 0 Å². The Kier molecular flexibility index (Phi) is 5.99. The third-order valence-electron chi connectivity index (χ3n) is 5.00. The fourth-order valence-corrected chi connectivity index (χ4v) is 3.67. The van der Waals surface area contributed by atoms with Crippen LogP contribution in [0.25, 0.3) is 0 Å². The number of carbonyl (C=O) groups is 1. The Bertz CT molecular complexity index is 553. The Balaban J connectivity index is 2.07. The molecular formula is C19H29FN2O2. The monoisotopic (exact) mass is 336 g/mol. The van der Waals surface area contributed by atoms with E-state index in [2.05, 4.69) is 4.90 Å². The van der Waals surface area contributed by atoms with Gasteiger partial charge in [0.2, 0.25) is 5.91 Å². The molecule has 0 spiro atoms. The van der Waals surface area contributed by atoms with Crippen LogP contribution in [0.4, 0.5) is 4.39 Å². The van der Waals surface area contributed by atoms with E-state index in [0.717, 1.165) is 24.9 Å². The minimum absolute atomic E-state index is 0.0151. The molecule has 1 aliphatic heterocycles. The lowest BCUT2D eigenvalue weighted by Crippen LogP contribution is -2.50. The molecule has 0 saturated carbocycles. The van der Waals surface area contributed by atoms with E-state index < -0.39 is 5.60 Å². The predicted octanol–water partition coefficient (Wildman–Crippen LogP) is 2.97. The summed E-state index contributed by atoms with van der Waals surface area (Å²) in [5, 5.41) is 10.3. The van der Waals surface area contributed by atoms with Crippen LogP contribution in [-0.4, -0.2) is 52.1 Å². The number of halogens is 1. The van der Waals surface area contributed by atoms with Crippen LogP contribution in [-0.2, 0) is 4.79 Å². The van der Waals surface area contributed by atoms with Gasteiger partial charge >= 0.3 is 0 Å². The standard InChI is InChI=1S/C19H29FN2O2/c1-5-22(14(2)15-8-10-16(20)11-9-15)18(23)13-21-12-6-7-17(21)19(3,4)24/h8-11,14,17,24H,5-7,12-13H2,1-4H3. The second kappa shape index (κ2) is 7.62. The minimum atomic E-state index is -0.809. The van der Waals surface area contributed by atoms with Crippen molar-refractivity contribution in [3.05, 3.63) is 35.6 Å². The molecule has 2 atom stereocenters. The van der Waals surface area contributed by atoms with Crippen LogP contribution in [0.5, 0.6) is 0 Å². The lowest BCUT2D eigenvalue weighted by molar-refractivity contribution is -0.135. The second-order valence-corrected chi connectivity index (χ2v) is 7.19. The smallest absolute Gasteiger partial charge is 0.237 e. The van der Waals surface area contributed by atoms with Crippen molar-refractivity contribution in [2.24, 2.45) is 0 Å². The number of likely N-dealkylation sites (tertiary alicyclic amines) is 1. The maximum absolute atomic E-state index is 13.1. The van der Waals surface area contributed by atoms with Gasteiger partial charge < -0.3 is 10.0 Å². The number of rotatable bonds is 6. The predicted molar refractivity (Wildman–Crippen MR) is 93.1 cm³/mol.